The van der Waals surface area contributed by atoms with Crippen molar-refractivity contribution in [3.63, 3.8) is 0 Å². The molecule has 14 rings (SSSR count). The second-order valence-electron chi connectivity index (χ2n) is 25.3. The zero-order chi connectivity index (χ0) is 86.2. The van der Waals surface area contributed by atoms with Gasteiger partial charge in [-0.25, -0.2) is 4.98 Å². The first-order valence-electron chi connectivity index (χ1n) is 43.0. The van der Waals surface area contributed by atoms with Gasteiger partial charge in [0, 0.05) is 54.0 Å². The van der Waals surface area contributed by atoms with Crippen LogP contribution in [0.15, 0.2) is 266 Å². The van der Waals surface area contributed by atoms with Gasteiger partial charge in [-0.05, 0) is 123 Å². The summed E-state index contributed by atoms with van der Waals surface area (Å²) in [4.78, 5) is 4.72. The Hall–Kier alpha value is -9.45. The molecule has 0 saturated heterocycles. The molecule has 0 atom stereocenters. The molecular weight excluding hydrogens is 1320 g/mol. The van der Waals surface area contributed by atoms with Gasteiger partial charge in [-0.3, -0.25) is 4.57 Å². The molecule has 0 aliphatic heterocycles. The molecule has 0 bridgehead atoms. The zero-order valence-corrected chi connectivity index (χ0v) is 54.8. The van der Waals surface area contributed by atoms with E-state index in [1.165, 1.54) is 18.3 Å². The summed E-state index contributed by atoms with van der Waals surface area (Å²) in [5.41, 5.74) is 3.50. The summed E-state index contributed by atoms with van der Waals surface area (Å²) in [5, 5.41) is -2.51. The fourth-order valence-corrected chi connectivity index (χ4v) is 15.2. The van der Waals surface area contributed by atoms with E-state index in [-0.39, 0.29) is 77.2 Å². The van der Waals surface area contributed by atoms with Crippen LogP contribution in [0.1, 0.15) is 122 Å². The molecule has 0 amide bonds. The zero-order valence-electron chi connectivity index (χ0n) is 78.6. The maximum atomic E-state index is 11.0. The Labute approximate surface area is 595 Å². The van der Waals surface area contributed by atoms with Gasteiger partial charge in [-0.2, -0.15) is 18.2 Å². The molecule has 3 heterocycles. The molecule has 0 aliphatic rings. The second kappa shape index (κ2) is 24.3. The number of pyridine rings is 1. The number of benzene rings is 11. The maximum Gasteiger partial charge on any atom is 0.268 e. The number of rotatable bonds is 12. The van der Waals surface area contributed by atoms with E-state index < -0.39 is 192 Å². The third-order valence-electron chi connectivity index (χ3n) is 16.3. The number of imidazole rings is 1. The van der Waals surface area contributed by atoms with Gasteiger partial charge in [0.1, 0.15) is 5.82 Å². The summed E-state index contributed by atoms with van der Waals surface area (Å²) in [5.74, 6) is 0.371. The first-order chi connectivity index (χ1) is 55.1. The van der Waals surface area contributed by atoms with Crippen molar-refractivity contribution in [3.05, 3.63) is 307 Å². The Kier molecular flexibility index (Phi) is 9.81. The Morgan fingerprint density at radius 3 is 1.75 bits per heavy atom. The van der Waals surface area contributed by atoms with Crippen molar-refractivity contribution >= 4 is 61.7 Å². The number of para-hydroxylation sites is 2. The van der Waals surface area contributed by atoms with Gasteiger partial charge in [-0.15, -0.1) is 29.7 Å². The van der Waals surface area contributed by atoms with E-state index in [0.29, 0.717) is 38.7 Å². The topological polar surface area (TPSA) is 35.9 Å². The van der Waals surface area contributed by atoms with E-state index in [9.17, 15) is 21.9 Å². The predicted molar refractivity (Wildman–Crippen MR) is 381 cm³/mol. The molecule has 14 aromatic rings. The quantitative estimate of drug-likeness (QED) is 0.0529. The van der Waals surface area contributed by atoms with Gasteiger partial charge in [0.2, 0.25) is 0 Å². The van der Waals surface area contributed by atoms with Gasteiger partial charge < -0.3 is 13.9 Å². The average molecular weight is 1420 g/mol. The number of aromatic nitrogens is 4. The van der Waals surface area contributed by atoms with Crippen LogP contribution in [0, 0.1) is 25.3 Å². The number of fused-ring (bicyclic) bond motifs is 4. The molecule has 0 radical (unpaired) electrons. The third-order valence-corrected chi connectivity index (χ3v) is 20.3. The van der Waals surface area contributed by atoms with Gasteiger partial charge in [0.05, 0.1) is 49.6 Å². The van der Waals surface area contributed by atoms with Gasteiger partial charge in [-0.1, -0.05) is 280 Å². The van der Waals surface area contributed by atoms with Gasteiger partial charge in [0.25, 0.3) is 6.33 Å². The van der Waals surface area contributed by atoms with E-state index in [4.69, 9.17) is 24.8 Å². The Balaban J connectivity index is 0.0000123. The number of hydrogen-bond acceptors (Lipinski definition) is 2. The summed E-state index contributed by atoms with van der Waals surface area (Å²) in [7, 11) is -6.29. The molecule has 5 nitrogen and oxygen atoms in total. The largest absolute Gasteiger partial charge is 0.510 e. The van der Waals surface area contributed by atoms with E-state index in [1.54, 1.807) is 62.2 Å². The SMILES string of the molecule is [2H]c1c([2H])c([2H])c(-c2cnc(-n3c4[c-]c(Oc5[c-]c(-n6[c-][n+](-c7c(-c8c([2H])c([2H])c([2H])c([Si](c9c([2H])c([2H])c([2H])c([2H])c9[2H])(c9c([2H])c([2H])c([2H])c([2H])c9[2H])c9c([2H])c([2H])c([2H])c([2H])c9[2H])c8[2H])cccc7C(C)(C)C)c7ccc(-c8cc(C(C)(C)C)cc(C(C)(C)C)c8)cc76)ccc5)ccc4c4ccccc43)cc2C([2H])([2H])[2H])c([2H])c1[2H].[Pt]. The van der Waals surface area contributed by atoms with Crippen molar-refractivity contribution in [2.45, 2.75) is 85.4 Å². The van der Waals surface area contributed by atoms with Gasteiger partial charge in [0.15, 0.2) is 8.07 Å². The fraction of sp³-hybridized carbons (Fsp3) is 0.153. The van der Waals surface area contributed by atoms with Crippen LogP contribution in [-0.4, -0.2) is 22.2 Å². The average Bonchev–Trinajstić information content (AvgIpc) is 1.44. The molecular formula is C85H74N4OPtSi-2. The van der Waals surface area contributed by atoms with Crippen LogP contribution in [0.25, 0.3) is 83.4 Å². The molecule has 3 aromatic heterocycles. The summed E-state index contributed by atoms with van der Waals surface area (Å²) < 4.78 is 263. The van der Waals surface area contributed by atoms with E-state index in [2.05, 4.69) is 78.2 Å². The smallest absolute Gasteiger partial charge is 0.268 e. The molecule has 11 aromatic carbocycles. The van der Waals surface area contributed by atoms with E-state index >= 15 is 0 Å². The monoisotopic (exact) mass is 1420 g/mol. The Morgan fingerprint density at radius 2 is 1.11 bits per heavy atom. The van der Waals surface area contributed by atoms with Crippen LogP contribution in [0.4, 0.5) is 0 Å². The molecule has 456 valence electrons. The molecule has 0 fully saturated rings. The minimum atomic E-state index is -6.29. The molecule has 0 spiro atoms. The van der Waals surface area contributed by atoms with Crippen molar-refractivity contribution < 1.29 is 67.4 Å². The molecule has 7 heteroatoms. The van der Waals surface area contributed by atoms with E-state index in [0.717, 1.165) is 27.6 Å². The van der Waals surface area contributed by atoms with Crippen molar-refractivity contribution in [2.24, 2.45) is 0 Å². The summed E-state index contributed by atoms with van der Waals surface area (Å²) >= 11 is 0. The minimum Gasteiger partial charge on any atom is -0.510 e. The standard InChI is InChI=1S/C85H74N4OSi.Pt/c1-58-48-81(86-56-75(58)59-28-15-11-16-29-59)89-77-43-24-23-40-73(77)74-46-45-67(55-79(74)89)90-66-32-26-31-65(54-66)87-57-88(78-47-44-60(52-80(78)87)62-49-63(83(2,3)4)53-64(50-62)84(5,6)7)82-72(41-27-42-76(82)85(8,9)10)61-30-25-39-71(51-61)91(68-33-17-12-18-34-68,69-35-19-13-20-36-69)70-37-21-14-22-38-70;/h11-53,56H,1-10H3;/q-2;/i1D3,11D,12D,13D,14D,15D,16D,17D,18D,19D,20D,21D,22D,25D,28D,29D,30D,33D,34D,35D,36D,37D,38D,39D,51D;. The first-order valence-corrected chi connectivity index (χ1v) is 31.5. The van der Waals surface area contributed by atoms with Crippen LogP contribution in [0.3, 0.4) is 0 Å². The Morgan fingerprint density at radius 1 is 0.500 bits per heavy atom. The Bertz CT molecular complexity index is 6360. The molecule has 92 heavy (non-hydrogen) atoms. The molecule has 0 aliphatic carbocycles. The maximum absolute atomic E-state index is 11.0. The van der Waals surface area contributed by atoms with Crippen molar-refractivity contribution in [3.8, 4) is 62.1 Å². The van der Waals surface area contributed by atoms with Crippen LogP contribution in [0.2, 0.25) is 0 Å². The summed E-state index contributed by atoms with van der Waals surface area (Å²) in [6, 6.07) is 17.7. The molecule has 0 N–H and O–H groups in total. The summed E-state index contributed by atoms with van der Waals surface area (Å²) in [6.45, 7) is 15.5. The number of nitrogens with zero attached hydrogens (tertiary/aromatic N) is 4. The molecule has 0 saturated carbocycles. The summed E-state index contributed by atoms with van der Waals surface area (Å²) in [6.07, 6.45) is 4.78. The van der Waals surface area contributed by atoms with Crippen molar-refractivity contribution in [1.82, 2.24) is 14.1 Å². The number of ether oxygens (including phenoxy) is 1. The van der Waals surface area contributed by atoms with Crippen LogP contribution in [-0.2, 0) is 37.3 Å². The first kappa shape index (κ1) is 37.2. The third kappa shape index (κ3) is 11.3. The van der Waals surface area contributed by atoms with E-state index in [1.807, 2.05) is 57.2 Å². The van der Waals surface area contributed by atoms with Crippen LogP contribution < -0.4 is 30.1 Å². The van der Waals surface area contributed by atoms with Crippen LogP contribution >= 0.6 is 0 Å². The normalized spacial score (nSPS) is 16.4. The van der Waals surface area contributed by atoms with Gasteiger partial charge >= 0.3 is 0 Å². The molecule has 0 unspecified atom stereocenters. The number of aryl methyl sites for hydroxylation is 1. The van der Waals surface area contributed by atoms with Crippen molar-refractivity contribution in [2.75, 3.05) is 0 Å². The van der Waals surface area contributed by atoms with Crippen molar-refractivity contribution in [1.29, 1.82) is 0 Å². The number of hydrogen-bond donors (Lipinski definition) is 0. The predicted octanol–water partition coefficient (Wildman–Crippen LogP) is 18.2. The fourth-order valence-electron chi connectivity index (χ4n) is 11.7. The van der Waals surface area contributed by atoms with Crippen LogP contribution in [0.5, 0.6) is 11.5 Å². The second-order valence-corrected chi connectivity index (χ2v) is 28.8. The minimum absolute atomic E-state index is 0.